The maximum absolute atomic E-state index is 13.1. The number of aromatic nitrogens is 1. The molecule has 2 aliphatic rings. The zero-order valence-corrected chi connectivity index (χ0v) is 22.8. The van der Waals surface area contributed by atoms with Crippen molar-refractivity contribution in [3.63, 3.8) is 0 Å². The number of hydrogen-bond donors (Lipinski definition) is 0. The predicted octanol–water partition coefficient (Wildman–Crippen LogP) is 4.40. The highest BCUT2D eigenvalue weighted by atomic mass is 32.2. The molecule has 0 unspecified atom stereocenters. The number of carbonyl (C=O) groups excluding carboxylic acids is 3. The minimum Gasteiger partial charge on any atom is -0.492 e. The predicted molar refractivity (Wildman–Crippen MR) is 150 cm³/mol. The maximum Gasteiger partial charge on any atom is 0.294 e. The average molecular weight is 550 g/mol. The van der Waals surface area contributed by atoms with Crippen molar-refractivity contribution in [2.45, 2.75) is 26.5 Å². The van der Waals surface area contributed by atoms with Gasteiger partial charge < -0.3 is 23.7 Å². The molecule has 2 saturated heterocycles. The fourth-order valence-electron chi connectivity index (χ4n) is 4.55. The van der Waals surface area contributed by atoms with E-state index in [1.807, 2.05) is 68.6 Å². The van der Waals surface area contributed by atoms with E-state index in [1.54, 1.807) is 11.0 Å². The third-order valence-corrected chi connectivity index (χ3v) is 7.34. The van der Waals surface area contributed by atoms with Crippen LogP contribution in [0, 0.1) is 0 Å². The quantitative estimate of drug-likeness (QED) is 0.366. The van der Waals surface area contributed by atoms with Gasteiger partial charge >= 0.3 is 0 Å². The van der Waals surface area contributed by atoms with Gasteiger partial charge in [0.2, 0.25) is 5.91 Å². The van der Waals surface area contributed by atoms with Gasteiger partial charge in [0.15, 0.2) is 0 Å². The minimum absolute atomic E-state index is 0.111. The molecule has 2 aromatic carbocycles. The van der Waals surface area contributed by atoms with Gasteiger partial charge in [-0.1, -0.05) is 18.2 Å². The van der Waals surface area contributed by atoms with E-state index in [-0.39, 0.29) is 18.6 Å². The standard InChI is InChI=1S/C29H31N3O6S/c1-20(2)38-23-9-7-22(8-10-23)37-16-13-31-18-21(24-5-3-4-6-25(24)31)17-26-28(34)32(29(35)39-26)19-27(33)30-11-14-36-15-12-30/h3-10,17-18,20H,11-16,19H2,1-2H3/b26-17-. The van der Waals surface area contributed by atoms with Crippen LogP contribution in [0.25, 0.3) is 17.0 Å². The van der Waals surface area contributed by atoms with Crippen LogP contribution < -0.4 is 9.47 Å². The molecule has 1 aromatic heterocycles. The van der Waals surface area contributed by atoms with Crippen molar-refractivity contribution in [2.24, 2.45) is 0 Å². The smallest absolute Gasteiger partial charge is 0.294 e. The summed E-state index contributed by atoms with van der Waals surface area (Å²) < 4.78 is 19.0. The van der Waals surface area contributed by atoms with Gasteiger partial charge in [-0.3, -0.25) is 19.3 Å². The molecule has 9 nitrogen and oxygen atoms in total. The Hall–Kier alpha value is -3.76. The summed E-state index contributed by atoms with van der Waals surface area (Å²) in [4.78, 5) is 41.3. The number of nitrogens with zero attached hydrogens (tertiary/aromatic N) is 3. The number of rotatable bonds is 9. The number of imide groups is 1. The summed E-state index contributed by atoms with van der Waals surface area (Å²) in [6.45, 7) is 6.60. The lowest BCUT2D eigenvalue weighted by Gasteiger charge is -2.28. The molecule has 2 fully saturated rings. The zero-order chi connectivity index (χ0) is 27.4. The van der Waals surface area contributed by atoms with Crippen molar-refractivity contribution < 1.29 is 28.6 Å². The highest BCUT2D eigenvalue weighted by Gasteiger charge is 2.37. The highest BCUT2D eigenvalue weighted by molar-refractivity contribution is 8.18. The van der Waals surface area contributed by atoms with Crippen LogP contribution in [0.15, 0.2) is 59.6 Å². The molecule has 0 aliphatic carbocycles. The Labute approximate surface area is 231 Å². The second-order valence-corrected chi connectivity index (χ2v) is 10.5. The molecule has 0 atom stereocenters. The lowest BCUT2D eigenvalue weighted by molar-refractivity contribution is -0.139. The Morgan fingerprint density at radius 2 is 1.77 bits per heavy atom. The first-order valence-electron chi connectivity index (χ1n) is 13.0. The summed E-state index contributed by atoms with van der Waals surface area (Å²) in [5.41, 5.74) is 1.82. The summed E-state index contributed by atoms with van der Waals surface area (Å²) in [6.07, 6.45) is 3.80. The zero-order valence-electron chi connectivity index (χ0n) is 22.0. The number of amides is 3. The summed E-state index contributed by atoms with van der Waals surface area (Å²) >= 11 is 0.862. The summed E-state index contributed by atoms with van der Waals surface area (Å²) in [7, 11) is 0. The van der Waals surface area contributed by atoms with Gasteiger partial charge in [0.05, 0.1) is 30.8 Å². The first-order valence-corrected chi connectivity index (χ1v) is 13.8. The van der Waals surface area contributed by atoms with Crippen LogP contribution in [0.5, 0.6) is 11.5 Å². The fraction of sp³-hybridized carbons (Fsp3) is 0.345. The van der Waals surface area contributed by atoms with E-state index in [0.29, 0.717) is 44.4 Å². The van der Waals surface area contributed by atoms with Gasteiger partial charge in [-0.05, 0) is 62.0 Å². The van der Waals surface area contributed by atoms with Crippen molar-refractivity contribution >= 4 is 45.8 Å². The first-order chi connectivity index (χ1) is 18.9. The van der Waals surface area contributed by atoms with Crippen LogP contribution in [0.4, 0.5) is 4.79 Å². The van der Waals surface area contributed by atoms with E-state index in [2.05, 4.69) is 4.57 Å². The number of morpholine rings is 1. The van der Waals surface area contributed by atoms with Gasteiger partial charge in [-0.2, -0.15) is 0 Å². The van der Waals surface area contributed by atoms with Crippen LogP contribution in [-0.4, -0.2) is 77.0 Å². The van der Waals surface area contributed by atoms with Gasteiger partial charge in [0.25, 0.3) is 11.1 Å². The molecular weight excluding hydrogens is 518 g/mol. The lowest BCUT2D eigenvalue weighted by atomic mass is 10.1. The van der Waals surface area contributed by atoms with Gasteiger partial charge in [-0.15, -0.1) is 0 Å². The fourth-order valence-corrected chi connectivity index (χ4v) is 5.38. The topological polar surface area (TPSA) is 90.3 Å². The number of hydrogen-bond acceptors (Lipinski definition) is 7. The summed E-state index contributed by atoms with van der Waals surface area (Å²) in [5.74, 6) is 0.855. The summed E-state index contributed by atoms with van der Waals surface area (Å²) in [6, 6.07) is 15.4. The Morgan fingerprint density at radius 3 is 2.51 bits per heavy atom. The van der Waals surface area contributed by atoms with Crippen LogP contribution in [0.2, 0.25) is 0 Å². The molecule has 0 bridgehead atoms. The van der Waals surface area contributed by atoms with Crippen molar-refractivity contribution in [1.82, 2.24) is 14.4 Å². The molecule has 2 aliphatic heterocycles. The normalized spacial score (nSPS) is 17.1. The monoisotopic (exact) mass is 549 g/mol. The molecule has 0 spiro atoms. The number of para-hydroxylation sites is 1. The van der Waals surface area contributed by atoms with E-state index in [1.165, 1.54) is 0 Å². The number of thioether (sulfide) groups is 1. The third kappa shape index (κ3) is 6.29. The third-order valence-electron chi connectivity index (χ3n) is 6.43. The molecule has 204 valence electrons. The second kappa shape index (κ2) is 12.0. The molecule has 10 heteroatoms. The van der Waals surface area contributed by atoms with Crippen LogP contribution in [0.3, 0.4) is 0 Å². The van der Waals surface area contributed by atoms with E-state index < -0.39 is 11.1 Å². The van der Waals surface area contributed by atoms with Crippen LogP contribution >= 0.6 is 11.8 Å². The Balaban J connectivity index is 1.27. The molecular formula is C29H31N3O6S. The van der Waals surface area contributed by atoms with Crippen molar-refractivity contribution in [3.8, 4) is 11.5 Å². The molecule has 0 saturated carbocycles. The molecule has 0 radical (unpaired) electrons. The maximum atomic E-state index is 13.1. The number of ether oxygens (including phenoxy) is 3. The SMILES string of the molecule is CC(C)Oc1ccc(OCCn2cc(/C=C3\SC(=O)N(CC(=O)N4CCOCC4)C3=O)c3ccccc32)cc1. The first kappa shape index (κ1) is 26.8. The molecule has 3 amide bonds. The Morgan fingerprint density at radius 1 is 1.05 bits per heavy atom. The largest absolute Gasteiger partial charge is 0.492 e. The number of carbonyl (C=O) groups is 3. The summed E-state index contributed by atoms with van der Waals surface area (Å²) in [5, 5.41) is 0.527. The number of fused-ring (bicyclic) bond motifs is 1. The molecule has 3 heterocycles. The minimum atomic E-state index is -0.448. The van der Waals surface area contributed by atoms with Crippen LogP contribution in [0.1, 0.15) is 19.4 Å². The van der Waals surface area contributed by atoms with Gasteiger partial charge in [0, 0.05) is 35.8 Å². The number of benzene rings is 2. The van der Waals surface area contributed by atoms with Crippen molar-refractivity contribution in [1.29, 1.82) is 0 Å². The van der Waals surface area contributed by atoms with Crippen LogP contribution in [-0.2, 0) is 20.9 Å². The van der Waals surface area contributed by atoms with Crippen molar-refractivity contribution in [3.05, 3.63) is 65.2 Å². The van der Waals surface area contributed by atoms with E-state index in [0.717, 1.165) is 44.6 Å². The molecule has 3 aromatic rings. The lowest BCUT2D eigenvalue weighted by Crippen LogP contribution is -2.46. The Kier molecular flexibility index (Phi) is 8.23. The molecule has 39 heavy (non-hydrogen) atoms. The van der Waals surface area contributed by atoms with Gasteiger partial charge in [0.1, 0.15) is 24.7 Å². The second-order valence-electron chi connectivity index (χ2n) is 9.54. The average Bonchev–Trinajstić information content (AvgIpc) is 3.41. The highest BCUT2D eigenvalue weighted by Crippen LogP contribution is 2.34. The Bertz CT molecular complexity index is 1390. The van der Waals surface area contributed by atoms with Crippen molar-refractivity contribution in [2.75, 3.05) is 39.5 Å². The molecule has 5 rings (SSSR count). The van der Waals surface area contributed by atoms with Gasteiger partial charge in [-0.25, -0.2) is 0 Å². The van der Waals surface area contributed by atoms with E-state index >= 15 is 0 Å². The van der Waals surface area contributed by atoms with E-state index in [9.17, 15) is 14.4 Å². The van der Waals surface area contributed by atoms with E-state index in [4.69, 9.17) is 14.2 Å². The molecule has 0 N–H and O–H groups in total.